The van der Waals surface area contributed by atoms with Crippen molar-refractivity contribution in [3.05, 3.63) is 78.5 Å². The number of hydrogen-bond acceptors (Lipinski definition) is 9. The van der Waals surface area contributed by atoms with Crippen molar-refractivity contribution in [1.29, 1.82) is 0 Å². The SMILES string of the molecule is COc1cc([N+](=O)[O-])cc([N+](=O)[O-])c1OCC(=O)N/N=C\c1ccc(-c2ccc(Cl)c(Cl)c2)o1. The molecule has 12 nitrogen and oxygen atoms in total. The van der Waals surface area contributed by atoms with Crippen LogP contribution in [0.4, 0.5) is 11.4 Å². The number of hydrogen-bond donors (Lipinski definition) is 1. The smallest absolute Gasteiger partial charge is 0.321 e. The highest BCUT2D eigenvalue weighted by atomic mass is 35.5. The van der Waals surface area contributed by atoms with Gasteiger partial charge in [-0.2, -0.15) is 5.10 Å². The molecule has 0 spiro atoms. The number of benzene rings is 2. The molecule has 34 heavy (non-hydrogen) atoms. The van der Waals surface area contributed by atoms with E-state index in [2.05, 4.69) is 10.5 Å². The van der Waals surface area contributed by atoms with E-state index in [9.17, 15) is 25.0 Å². The fraction of sp³-hybridized carbons (Fsp3) is 0.100. The third-order valence-corrected chi connectivity index (χ3v) is 4.95. The van der Waals surface area contributed by atoms with E-state index >= 15 is 0 Å². The fourth-order valence-corrected chi connectivity index (χ4v) is 2.97. The number of ether oxygens (including phenoxy) is 2. The second-order valence-corrected chi connectivity index (χ2v) is 7.24. The molecule has 0 bridgehead atoms. The van der Waals surface area contributed by atoms with Crippen molar-refractivity contribution in [3.8, 4) is 22.8 Å². The number of halogens is 2. The van der Waals surface area contributed by atoms with Gasteiger partial charge in [0.15, 0.2) is 12.4 Å². The Morgan fingerprint density at radius 2 is 1.88 bits per heavy atom. The molecule has 0 aliphatic heterocycles. The first-order valence-electron chi connectivity index (χ1n) is 9.20. The van der Waals surface area contributed by atoms with E-state index in [1.807, 2.05) is 0 Å². The van der Waals surface area contributed by atoms with Gasteiger partial charge in [0.1, 0.15) is 11.5 Å². The van der Waals surface area contributed by atoms with Crippen molar-refractivity contribution >= 4 is 46.7 Å². The summed E-state index contributed by atoms with van der Waals surface area (Å²) in [6, 6.07) is 9.91. The second kappa shape index (κ2) is 10.6. The molecule has 3 rings (SSSR count). The van der Waals surface area contributed by atoms with Gasteiger partial charge in [-0.25, -0.2) is 5.43 Å². The predicted octanol–water partition coefficient (Wildman–Crippen LogP) is 4.61. The van der Waals surface area contributed by atoms with Crippen molar-refractivity contribution in [2.75, 3.05) is 13.7 Å². The highest BCUT2D eigenvalue weighted by Gasteiger charge is 2.27. The maximum absolute atomic E-state index is 12.0. The van der Waals surface area contributed by atoms with E-state index in [1.54, 1.807) is 30.3 Å². The number of methoxy groups -OCH3 is 1. The number of nitro groups is 2. The Kier molecular flexibility index (Phi) is 7.66. The topological polar surface area (TPSA) is 159 Å². The number of nitro benzene ring substituents is 2. The molecule has 0 radical (unpaired) electrons. The largest absolute Gasteiger partial charge is 0.492 e. The van der Waals surface area contributed by atoms with Gasteiger partial charge < -0.3 is 13.9 Å². The Morgan fingerprint density at radius 1 is 1.12 bits per heavy atom. The molecule has 0 saturated heterocycles. The summed E-state index contributed by atoms with van der Waals surface area (Å²) in [6.45, 7) is -0.682. The molecule has 0 atom stereocenters. The molecule has 14 heteroatoms. The second-order valence-electron chi connectivity index (χ2n) is 6.42. The van der Waals surface area contributed by atoms with Gasteiger partial charge >= 0.3 is 5.69 Å². The molecule has 0 aliphatic carbocycles. The van der Waals surface area contributed by atoms with Crippen LogP contribution in [0, 0.1) is 20.2 Å². The van der Waals surface area contributed by atoms with Crippen molar-refractivity contribution < 1.29 is 28.5 Å². The molecule has 1 aromatic heterocycles. The summed E-state index contributed by atoms with van der Waals surface area (Å²) in [7, 11) is 1.15. The lowest BCUT2D eigenvalue weighted by Crippen LogP contribution is -2.25. The van der Waals surface area contributed by atoms with Crippen LogP contribution in [-0.2, 0) is 4.79 Å². The van der Waals surface area contributed by atoms with E-state index in [1.165, 1.54) is 6.21 Å². The zero-order valence-corrected chi connectivity index (χ0v) is 18.7. The number of non-ortho nitro benzene ring substituents is 1. The van der Waals surface area contributed by atoms with Gasteiger partial charge in [-0.1, -0.05) is 23.2 Å². The highest BCUT2D eigenvalue weighted by Crippen LogP contribution is 2.40. The molecule has 1 heterocycles. The molecule has 1 amide bonds. The molecule has 176 valence electrons. The standard InChI is InChI=1S/C20H14Cl2N4O8/c1-32-18-8-12(25(28)29)7-16(26(30)31)20(18)33-10-19(27)24-23-9-13-3-5-17(34-13)11-2-4-14(21)15(22)6-11/h2-9H,10H2,1H3,(H,24,27)/b23-9-. The summed E-state index contributed by atoms with van der Waals surface area (Å²) < 4.78 is 15.7. The van der Waals surface area contributed by atoms with Gasteiger partial charge in [0.2, 0.25) is 5.75 Å². The number of rotatable bonds is 9. The van der Waals surface area contributed by atoms with Crippen LogP contribution in [0.1, 0.15) is 5.76 Å². The summed E-state index contributed by atoms with van der Waals surface area (Å²) in [6.07, 6.45) is 1.23. The molecule has 3 aromatic rings. The first-order chi connectivity index (χ1) is 16.2. The van der Waals surface area contributed by atoms with Gasteiger partial charge in [0.05, 0.1) is 45.3 Å². The van der Waals surface area contributed by atoms with E-state index in [0.717, 1.165) is 13.2 Å². The first kappa shape index (κ1) is 24.5. The van der Waals surface area contributed by atoms with Crippen molar-refractivity contribution in [3.63, 3.8) is 0 Å². The lowest BCUT2D eigenvalue weighted by Gasteiger charge is -2.10. The number of hydrazone groups is 1. The monoisotopic (exact) mass is 508 g/mol. The summed E-state index contributed by atoms with van der Waals surface area (Å²) >= 11 is 11.9. The number of furan rings is 1. The van der Waals surface area contributed by atoms with Crippen LogP contribution >= 0.6 is 23.2 Å². The van der Waals surface area contributed by atoms with Gasteiger partial charge in [0, 0.05) is 5.56 Å². The van der Waals surface area contributed by atoms with Crippen LogP contribution in [0.15, 0.2) is 52.0 Å². The molecule has 0 aliphatic rings. The molecule has 1 N–H and O–H groups in total. The minimum Gasteiger partial charge on any atom is -0.492 e. The van der Waals surface area contributed by atoms with E-state index in [4.69, 9.17) is 37.1 Å². The van der Waals surface area contributed by atoms with E-state index < -0.39 is 39.5 Å². The third kappa shape index (κ3) is 5.79. The maximum Gasteiger partial charge on any atom is 0.321 e. The van der Waals surface area contributed by atoms with Crippen LogP contribution in [0.2, 0.25) is 10.0 Å². The molecular formula is C20H14Cl2N4O8. The van der Waals surface area contributed by atoms with Crippen LogP contribution in [0.3, 0.4) is 0 Å². The number of carbonyl (C=O) groups excluding carboxylic acids is 1. The Morgan fingerprint density at radius 3 is 2.53 bits per heavy atom. The summed E-state index contributed by atoms with van der Waals surface area (Å²) in [5.74, 6) is -0.665. The quantitative estimate of drug-likeness (QED) is 0.249. The third-order valence-electron chi connectivity index (χ3n) is 4.21. The number of nitrogens with one attached hydrogen (secondary N) is 1. The summed E-state index contributed by atoms with van der Waals surface area (Å²) in [4.78, 5) is 32.6. The van der Waals surface area contributed by atoms with Crippen molar-refractivity contribution in [2.45, 2.75) is 0 Å². The minimum absolute atomic E-state index is 0.275. The predicted molar refractivity (Wildman–Crippen MR) is 122 cm³/mol. The van der Waals surface area contributed by atoms with Crippen LogP contribution in [0.25, 0.3) is 11.3 Å². The molecule has 0 saturated carbocycles. The van der Waals surface area contributed by atoms with Gasteiger partial charge in [-0.3, -0.25) is 25.0 Å². The first-order valence-corrected chi connectivity index (χ1v) is 9.96. The Bertz CT molecular complexity index is 1290. The molecular weight excluding hydrogens is 495 g/mol. The van der Waals surface area contributed by atoms with Gasteiger partial charge in [-0.05, 0) is 30.3 Å². The minimum atomic E-state index is -0.886. The average Bonchev–Trinajstić information content (AvgIpc) is 3.27. The number of amides is 1. The Balaban J connectivity index is 1.64. The number of carbonyl (C=O) groups is 1. The van der Waals surface area contributed by atoms with Crippen molar-refractivity contribution in [1.82, 2.24) is 5.43 Å². The lowest BCUT2D eigenvalue weighted by molar-refractivity contribution is -0.394. The lowest BCUT2D eigenvalue weighted by atomic mass is 10.2. The van der Waals surface area contributed by atoms with E-state index in [0.29, 0.717) is 33.2 Å². The molecule has 2 aromatic carbocycles. The van der Waals surface area contributed by atoms with Crippen LogP contribution in [-0.4, -0.2) is 35.7 Å². The molecule has 0 fully saturated rings. The summed E-state index contributed by atoms with van der Waals surface area (Å²) in [5.41, 5.74) is 1.56. The average molecular weight is 509 g/mol. The van der Waals surface area contributed by atoms with E-state index in [-0.39, 0.29) is 5.75 Å². The zero-order chi connectivity index (χ0) is 24.8. The van der Waals surface area contributed by atoms with Crippen molar-refractivity contribution in [2.24, 2.45) is 5.10 Å². The number of nitrogens with zero attached hydrogens (tertiary/aromatic N) is 3. The zero-order valence-electron chi connectivity index (χ0n) is 17.2. The summed E-state index contributed by atoms with van der Waals surface area (Å²) in [5, 5.41) is 26.7. The molecule has 0 unspecified atom stereocenters. The fourth-order valence-electron chi connectivity index (χ4n) is 2.68. The highest BCUT2D eigenvalue weighted by molar-refractivity contribution is 6.42. The normalized spacial score (nSPS) is 10.8. The van der Waals surface area contributed by atoms with Crippen LogP contribution < -0.4 is 14.9 Å². The van der Waals surface area contributed by atoms with Gasteiger partial charge in [-0.15, -0.1) is 0 Å². The Hall–Kier alpha value is -4.16. The van der Waals surface area contributed by atoms with Crippen LogP contribution in [0.5, 0.6) is 11.5 Å². The maximum atomic E-state index is 12.0. The Labute approximate surface area is 201 Å². The van der Waals surface area contributed by atoms with Gasteiger partial charge in [0.25, 0.3) is 11.6 Å².